The van der Waals surface area contributed by atoms with Crippen LogP contribution < -0.4 is 10.2 Å². The molecule has 0 unspecified atom stereocenters. The van der Waals surface area contributed by atoms with E-state index in [4.69, 9.17) is 4.74 Å². The van der Waals surface area contributed by atoms with Crippen LogP contribution in [-0.2, 0) is 11.2 Å². The number of nitrogens with one attached hydrogen (secondary N) is 1. The zero-order valence-electron chi connectivity index (χ0n) is 16.3. The minimum absolute atomic E-state index is 0.00223. The third-order valence-corrected chi connectivity index (χ3v) is 4.97. The van der Waals surface area contributed by atoms with Crippen LogP contribution in [0.15, 0.2) is 29.4 Å². The molecule has 1 aromatic carbocycles. The first-order chi connectivity index (χ1) is 12.8. The molecule has 0 heterocycles. The fraction of sp³-hybridized carbons (Fsp3) is 0.636. The number of ether oxygens (including phenoxy) is 1. The SMILES string of the molecule is CCc1ccc(OCC(=O)NN=C2CCCCCCCCCCC2)cc1. The van der Waals surface area contributed by atoms with Gasteiger partial charge < -0.3 is 4.74 Å². The van der Waals surface area contributed by atoms with E-state index in [1.807, 2.05) is 24.3 Å². The predicted octanol–water partition coefficient (Wildman–Crippen LogP) is 5.40. The number of nitrogens with zero attached hydrogens (tertiary/aromatic N) is 1. The van der Waals surface area contributed by atoms with Crippen molar-refractivity contribution in [3.05, 3.63) is 29.8 Å². The van der Waals surface area contributed by atoms with Gasteiger partial charge in [0.1, 0.15) is 5.75 Å². The molecule has 1 saturated carbocycles. The largest absolute Gasteiger partial charge is 0.484 e. The first-order valence-corrected chi connectivity index (χ1v) is 10.3. The monoisotopic (exact) mass is 358 g/mol. The molecule has 1 amide bonds. The summed E-state index contributed by atoms with van der Waals surface area (Å²) in [5.41, 5.74) is 5.07. The number of carbonyl (C=O) groups excluding carboxylic acids is 1. The summed E-state index contributed by atoms with van der Waals surface area (Å²) in [5, 5.41) is 4.39. The van der Waals surface area contributed by atoms with E-state index in [-0.39, 0.29) is 12.5 Å². The van der Waals surface area contributed by atoms with Gasteiger partial charge >= 0.3 is 0 Å². The minimum Gasteiger partial charge on any atom is -0.484 e. The van der Waals surface area contributed by atoms with Crippen molar-refractivity contribution in [2.45, 2.75) is 84.0 Å². The summed E-state index contributed by atoms with van der Waals surface area (Å²) in [6.45, 7) is 2.12. The van der Waals surface area contributed by atoms with E-state index in [1.165, 1.54) is 63.4 Å². The number of amides is 1. The molecule has 1 aliphatic carbocycles. The Kier molecular flexibility index (Phi) is 9.84. The summed E-state index contributed by atoms with van der Waals surface area (Å²) in [7, 11) is 0. The second-order valence-electron chi connectivity index (χ2n) is 7.18. The normalized spacial score (nSPS) is 16.9. The van der Waals surface area contributed by atoms with Crippen molar-refractivity contribution in [3.8, 4) is 5.75 Å². The van der Waals surface area contributed by atoms with Crippen LogP contribution in [-0.4, -0.2) is 18.2 Å². The number of benzene rings is 1. The van der Waals surface area contributed by atoms with Gasteiger partial charge in [-0.1, -0.05) is 64.0 Å². The number of aryl methyl sites for hydroxylation is 1. The van der Waals surface area contributed by atoms with Crippen molar-refractivity contribution < 1.29 is 9.53 Å². The lowest BCUT2D eigenvalue weighted by Gasteiger charge is -2.10. The predicted molar refractivity (Wildman–Crippen MR) is 108 cm³/mol. The fourth-order valence-electron chi connectivity index (χ4n) is 3.28. The molecule has 1 fully saturated rings. The Bertz CT molecular complexity index is 538. The van der Waals surface area contributed by atoms with E-state index < -0.39 is 0 Å². The van der Waals surface area contributed by atoms with Gasteiger partial charge in [0.15, 0.2) is 6.61 Å². The highest BCUT2D eigenvalue weighted by Crippen LogP contribution is 2.15. The summed E-state index contributed by atoms with van der Waals surface area (Å²) in [4.78, 5) is 12.0. The maximum atomic E-state index is 12.0. The Morgan fingerprint density at radius 2 is 1.46 bits per heavy atom. The van der Waals surface area contributed by atoms with Gasteiger partial charge in [-0.25, -0.2) is 5.43 Å². The standard InChI is InChI=1S/C22H34N2O2/c1-2-19-14-16-21(17-15-19)26-18-22(25)24-23-20-12-10-8-6-4-3-5-7-9-11-13-20/h14-17H,2-13,18H2,1H3,(H,24,25). The summed E-state index contributed by atoms with van der Waals surface area (Å²) in [5.74, 6) is 0.527. The molecule has 144 valence electrons. The lowest BCUT2D eigenvalue weighted by Crippen LogP contribution is -2.26. The Morgan fingerprint density at radius 1 is 0.923 bits per heavy atom. The molecule has 1 aliphatic rings. The highest BCUT2D eigenvalue weighted by Gasteiger charge is 2.06. The number of hydrazone groups is 1. The van der Waals surface area contributed by atoms with E-state index in [9.17, 15) is 4.79 Å². The number of hydrogen-bond donors (Lipinski definition) is 1. The molecule has 0 saturated heterocycles. The quantitative estimate of drug-likeness (QED) is 0.716. The third kappa shape index (κ3) is 8.50. The molecule has 0 bridgehead atoms. The molecule has 0 aliphatic heterocycles. The Morgan fingerprint density at radius 3 is 2.00 bits per heavy atom. The molecule has 4 heteroatoms. The fourth-order valence-corrected chi connectivity index (χ4v) is 3.28. The zero-order valence-corrected chi connectivity index (χ0v) is 16.3. The number of rotatable bonds is 5. The van der Waals surface area contributed by atoms with Gasteiger partial charge in [0.05, 0.1) is 0 Å². The first kappa shape index (κ1) is 20.5. The number of carbonyl (C=O) groups is 1. The van der Waals surface area contributed by atoms with Crippen molar-refractivity contribution in [2.75, 3.05) is 6.61 Å². The minimum atomic E-state index is -0.191. The summed E-state index contributed by atoms with van der Waals surface area (Å²) < 4.78 is 5.54. The van der Waals surface area contributed by atoms with E-state index in [0.717, 1.165) is 30.7 Å². The highest BCUT2D eigenvalue weighted by atomic mass is 16.5. The van der Waals surface area contributed by atoms with Crippen LogP contribution in [0.5, 0.6) is 5.75 Å². The smallest absolute Gasteiger partial charge is 0.277 e. The molecule has 0 spiro atoms. The molecular weight excluding hydrogens is 324 g/mol. The zero-order chi connectivity index (χ0) is 18.5. The van der Waals surface area contributed by atoms with Gasteiger partial charge in [-0.05, 0) is 49.8 Å². The lowest BCUT2D eigenvalue weighted by molar-refractivity contribution is -0.123. The second kappa shape index (κ2) is 12.5. The maximum absolute atomic E-state index is 12.0. The van der Waals surface area contributed by atoms with Crippen LogP contribution in [0.25, 0.3) is 0 Å². The summed E-state index contributed by atoms with van der Waals surface area (Å²) >= 11 is 0. The van der Waals surface area contributed by atoms with Crippen molar-refractivity contribution in [1.82, 2.24) is 5.43 Å². The molecule has 4 nitrogen and oxygen atoms in total. The Labute approximate surface area is 158 Å². The van der Waals surface area contributed by atoms with Gasteiger partial charge in [0.2, 0.25) is 0 Å². The lowest BCUT2D eigenvalue weighted by atomic mass is 10.00. The van der Waals surface area contributed by atoms with Crippen LogP contribution in [0.2, 0.25) is 0 Å². The van der Waals surface area contributed by atoms with Crippen LogP contribution in [0.1, 0.15) is 83.1 Å². The molecule has 0 atom stereocenters. The highest BCUT2D eigenvalue weighted by molar-refractivity contribution is 5.86. The number of hydrogen-bond acceptors (Lipinski definition) is 3. The molecule has 26 heavy (non-hydrogen) atoms. The summed E-state index contributed by atoms with van der Waals surface area (Å²) in [6, 6.07) is 7.87. The van der Waals surface area contributed by atoms with Crippen LogP contribution in [0.4, 0.5) is 0 Å². The Balaban J connectivity index is 1.75. The summed E-state index contributed by atoms with van der Waals surface area (Å²) in [6.07, 6.45) is 14.6. The Hall–Kier alpha value is -1.84. The molecule has 2 rings (SSSR count). The van der Waals surface area contributed by atoms with Gasteiger partial charge in [-0.3, -0.25) is 4.79 Å². The van der Waals surface area contributed by atoms with Crippen LogP contribution >= 0.6 is 0 Å². The van der Waals surface area contributed by atoms with E-state index in [0.29, 0.717) is 0 Å². The van der Waals surface area contributed by atoms with E-state index in [1.54, 1.807) is 0 Å². The average molecular weight is 359 g/mol. The van der Waals surface area contributed by atoms with E-state index in [2.05, 4.69) is 17.5 Å². The van der Waals surface area contributed by atoms with Crippen LogP contribution in [0, 0.1) is 0 Å². The first-order valence-electron chi connectivity index (χ1n) is 10.3. The van der Waals surface area contributed by atoms with Crippen molar-refractivity contribution in [3.63, 3.8) is 0 Å². The van der Waals surface area contributed by atoms with Crippen molar-refractivity contribution in [2.24, 2.45) is 5.10 Å². The van der Waals surface area contributed by atoms with E-state index >= 15 is 0 Å². The van der Waals surface area contributed by atoms with Crippen molar-refractivity contribution >= 4 is 11.6 Å². The van der Waals surface area contributed by atoms with Gasteiger partial charge in [0.25, 0.3) is 5.91 Å². The van der Waals surface area contributed by atoms with Crippen molar-refractivity contribution in [1.29, 1.82) is 0 Å². The molecular formula is C22H34N2O2. The van der Waals surface area contributed by atoms with Gasteiger partial charge in [0, 0.05) is 5.71 Å². The molecule has 1 N–H and O–H groups in total. The third-order valence-electron chi connectivity index (χ3n) is 4.97. The molecule has 0 radical (unpaired) electrons. The topological polar surface area (TPSA) is 50.7 Å². The molecule has 0 aromatic heterocycles. The average Bonchev–Trinajstić information content (AvgIpc) is 2.66. The van der Waals surface area contributed by atoms with Crippen LogP contribution in [0.3, 0.4) is 0 Å². The second-order valence-corrected chi connectivity index (χ2v) is 7.18. The maximum Gasteiger partial charge on any atom is 0.277 e. The van der Waals surface area contributed by atoms with Gasteiger partial charge in [-0.15, -0.1) is 0 Å². The molecule has 1 aromatic rings. The van der Waals surface area contributed by atoms with Gasteiger partial charge in [-0.2, -0.15) is 5.10 Å².